The lowest BCUT2D eigenvalue weighted by Crippen LogP contribution is -2.55. The minimum atomic E-state index is -0.868. The summed E-state index contributed by atoms with van der Waals surface area (Å²) in [4.78, 5) is 48.4. The number of hydrogen-bond acceptors (Lipinski definition) is 5. The highest BCUT2D eigenvalue weighted by molar-refractivity contribution is 5.96. The Bertz CT molecular complexity index is 737. The van der Waals surface area contributed by atoms with Gasteiger partial charge in [0.05, 0.1) is 12.1 Å². The van der Waals surface area contributed by atoms with Crippen LogP contribution < -0.4 is 16.0 Å². The van der Waals surface area contributed by atoms with Crippen LogP contribution in [0.25, 0.3) is 0 Å². The summed E-state index contributed by atoms with van der Waals surface area (Å²) >= 11 is 0. The lowest BCUT2D eigenvalue weighted by atomic mass is 10.0. The molecule has 0 aromatic heterocycles. The molecule has 0 spiro atoms. The molecule has 5 atom stereocenters. The van der Waals surface area contributed by atoms with E-state index < -0.39 is 36.0 Å². The Morgan fingerprint density at radius 1 is 0.964 bits per heavy atom. The molecule has 1 saturated heterocycles. The van der Waals surface area contributed by atoms with E-state index in [0.717, 1.165) is 5.56 Å². The highest BCUT2D eigenvalue weighted by atomic mass is 16.6. The van der Waals surface area contributed by atoms with Gasteiger partial charge >= 0.3 is 0 Å². The largest absolute Gasteiger partial charge is 0.361 e. The first-order valence-corrected chi connectivity index (χ1v) is 9.30. The van der Waals surface area contributed by atoms with Crippen molar-refractivity contribution in [3.8, 4) is 0 Å². The van der Waals surface area contributed by atoms with Gasteiger partial charge in [0.2, 0.25) is 17.7 Å². The van der Waals surface area contributed by atoms with Gasteiger partial charge in [0, 0.05) is 13.3 Å². The summed E-state index contributed by atoms with van der Waals surface area (Å²) in [6.45, 7) is 6.22. The minimum Gasteiger partial charge on any atom is -0.361 e. The van der Waals surface area contributed by atoms with Crippen molar-refractivity contribution in [3.05, 3.63) is 35.9 Å². The standard InChI is InChI=1S/C20H27N3O5/c1-11(17(25)18-13(3)28-18)21-19(26)12(2)22-20(27)16(23-14(4)24)10-15-8-6-5-7-9-15/h5-9,11-13,16,18H,10H2,1-4H3,(H,21,26)(H,22,27)(H,23,24)/t11-,12-,13?,16-,18?/m0/s1. The second kappa shape index (κ2) is 9.45. The molecule has 1 heterocycles. The van der Waals surface area contributed by atoms with Crippen LogP contribution >= 0.6 is 0 Å². The third-order valence-electron chi connectivity index (χ3n) is 4.51. The molecule has 8 nitrogen and oxygen atoms in total. The van der Waals surface area contributed by atoms with Crippen LogP contribution in [0.2, 0.25) is 0 Å². The fourth-order valence-electron chi connectivity index (χ4n) is 2.82. The second-order valence-electron chi connectivity index (χ2n) is 7.07. The molecule has 2 rings (SSSR count). The summed E-state index contributed by atoms with van der Waals surface area (Å²) in [5.41, 5.74) is 0.881. The smallest absolute Gasteiger partial charge is 0.243 e. The molecule has 1 aliphatic rings. The Morgan fingerprint density at radius 2 is 1.54 bits per heavy atom. The van der Waals surface area contributed by atoms with Gasteiger partial charge in [0.1, 0.15) is 18.2 Å². The molecule has 152 valence electrons. The van der Waals surface area contributed by atoms with Gasteiger partial charge in [-0.3, -0.25) is 19.2 Å². The number of benzene rings is 1. The molecule has 0 saturated carbocycles. The lowest BCUT2D eigenvalue weighted by molar-refractivity contribution is -0.132. The van der Waals surface area contributed by atoms with Gasteiger partial charge in [-0.1, -0.05) is 30.3 Å². The number of hydrogen-bond donors (Lipinski definition) is 3. The first kappa shape index (κ1) is 21.6. The van der Waals surface area contributed by atoms with Crippen LogP contribution in [0.4, 0.5) is 0 Å². The Hall–Kier alpha value is -2.74. The summed E-state index contributed by atoms with van der Waals surface area (Å²) in [5.74, 6) is -1.49. The summed E-state index contributed by atoms with van der Waals surface area (Å²) in [6, 6.07) is 6.87. The molecule has 3 N–H and O–H groups in total. The number of ketones is 1. The highest BCUT2D eigenvalue weighted by Gasteiger charge is 2.43. The van der Waals surface area contributed by atoms with Crippen LogP contribution in [0, 0.1) is 0 Å². The molecule has 0 bridgehead atoms. The van der Waals surface area contributed by atoms with Crippen LogP contribution in [0.5, 0.6) is 0 Å². The average molecular weight is 389 g/mol. The van der Waals surface area contributed by atoms with E-state index in [-0.39, 0.29) is 17.8 Å². The predicted molar refractivity (Wildman–Crippen MR) is 102 cm³/mol. The van der Waals surface area contributed by atoms with Crippen molar-refractivity contribution < 1.29 is 23.9 Å². The predicted octanol–water partition coefficient (Wildman–Crippen LogP) is 0.0996. The quantitative estimate of drug-likeness (QED) is 0.518. The zero-order valence-corrected chi connectivity index (χ0v) is 16.5. The van der Waals surface area contributed by atoms with Crippen molar-refractivity contribution in [2.45, 2.75) is 64.4 Å². The number of carbonyl (C=O) groups excluding carboxylic acids is 4. The van der Waals surface area contributed by atoms with E-state index in [4.69, 9.17) is 4.74 Å². The molecular formula is C20H27N3O5. The fraction of sp³-hybridized carbons (Fsp3) is 0.500. The van der Waals surface area contributed by atoms with Crippen molar-refractivity contribution in [3.63, 3.8) is 0 Å². The van der Waals surface area contributed by atoms with Crippen molar-refractivity contribution >= 4 is 23.5 Å². The fourth-order valence-corrected chi connectivity index (χ4v) is 2.82. The maximum absolute atomic E-state index is 12.6. The number of nitrogens with one attached hydrogen (secondary N) is 3. The number of epoxide rings is 1. The SMILES string of the molecule is CC(=O)N[C@@H](Cc1ccccc1)C(=O)N[C@@H](C)C(=O)N[C@@H](C)C(=O)C1OC1C. The third kappa shape index (κ3) is 6.16. The summed E-state index contributed by atoms with van der Waals surface area (Å²) in [6.07, 6.45) is -0.303. The van der Waals surface area contributed by atoms with E-state index in [2.05, 4.69) is 16.0 Å². The van der Waals surface area contributed by atoms with E-state index in [1.807, 2.05) is 30.3 Å². The van der Waals surface area contributed by atoms with E-state index in [0.29, 0.717) is 6.42 Å². The first-order valence-electron chi connectivity index (χ1n) is 9.30. The van der Waals surface area contributed by atoms with Gasteiger partial charge in [-0.05, 0) is 26.3 Å². The summed E-state index contributed by atoms with van der Waals surface area (Å²) in [7, 11) is 0. The normalized spacial score (nSPS) is 21.0. The summed E-state index contributed by atoms with van der Waals surface area (Å²) in [5, 5.41) is 7.79. The lowest BCUT2D eigenvalue weighted by Gasteiger charge is -2.22. The van der Waals surface area contributed by atoms with Crippen molar-refractivity contribution in [1.29, 1.82) is 0 Å². The number of Topliss-reactive ketones (excluding diaryl/α,β-unsaturated/α-hetero) is 1. The Morgan fingerprint density at radius 3 is 2.07 bits per heavy atom. The molecule has 1 aromatic rings. The molecule has 8 heteroatoms. The molecule has 28 heavy (non-hydrogen) atoms. The molecule has 2 unspecified atom stereocenters. The van der Waals surface area contributed by atoms with Crippen molar-refractivity contribution in [2.24, 2.45) is 0 Å². The molecule has 1 aliphatic heterocycles. The topological polar surface area (TPSA) is 117 Å². The maximum atomic E-state index is 12.6. The maximum Gasteiger partial charge on any atom is 0.243 e. The first-order chi connectivity index (χ1) is 13.2. The van der Waals surface area contributed by atoms with Crippen molar-refractivity contribution in [2.75, 3.05) is 0 Å². The molecule has 0 aliphatic carbocycles. The molecule has 3 amide bonds. The molecular weight excluding hydrogens is 362 g/mol. The minimum absolute atomic E-state index is 0.125. The number of ether oxygens (including phenoxy) is 1. The molecule has 1 fully saturated rings. The van der Waals surface area contributed by atoms with Gasteiger partial charge in [-0.25, -0.2) is 0 Å². The third-order valence-corrected chi connectivity index (χ3v) is 4.51. The van der Waals surface area contributed by atoms with Crippen LogP contribution in [0.1, 0.15) is 33.3 Å². The zero-order valence-electron chi connectivity index (χ0n) is 16.5. The highest BCUT2D eigenvalue weighted by Crippen LogP contribution is 2.22. The van der Waals surface area contributed by atoms with E-state index in [1.165, 1.54) is 13.8 Å². The average Bonchev–Trinajstić information content (AvgIpc) is 3.37. The number of rotatable bonds is 9. The van der Waals surface area contributed by atoms with Crippen molar-refractivity contribution in [1.82, 2.24) is 16.0 Å². The van der Waals surface area contributed by atoms with Gasteiger partial charge in [0.25, 0.3) is 0 Å². The van der Waals surface area contributed by atoms with E-state index in [9.17, 15) is 19.2 Å². The van der Waals surface area contributed by atoms with E-state index in [1.54, 1.807) is 13.8 Å². The van der Waals surface area contributed by atoms with Gasteiger partial charge in [-0.2, -0.15) is 0 Å². The number of amides is 3. The molecule has 0 radical (unpaired) electrons. The van der Waals surface area contributed by atoms with Gasteiger partial charge in [-0.15, -0.1) is 0 Å². The van der Waals surface area contributed by atoms with Crippen LogP contribution in [-0.2, 0) is 30.3 Å². The van der Waals surface area contributed by atoms with Crippen LogP contribution in [-0.4, -0.2) is 53.8 Å². The number of carbonyl (C=O) groups is 4. The summed E-state index contributed by atoms with van der Waals surface area (Å²) < 4.78 is 5.12. The van der Waals surface area contributed by atoms with Gasteiger partial charge < -0.3 is 20.7 Å². The van der Waals surface area contributed by atoms with Crippen LogP contribution in [0.3, 0.4) is 0 Å². The Kier molecular flexibility index (Phi) is 7.28. The van der Waals surface area contributed by atoms with Gasteiger partial charge in [0.15, 0.2) is 5.78 Å². The molecule has 1 aromatic carbocycles. The van der Waals surface area contributed by atoms with Crippen LogP contribution in [0.15, 0.2) is 30.3 Å². The van der Waals surface area contributed by atoms with E-state index >= 15 is 0 Å². The monoisotopic (exact) mass is 389 g/mol. The Balaban J connectivity index is 1.92. The Labute approximate surface area is 164 Å². The second-order valence-corrected chi connectivity index (χ2v) is 7.07. The zero-order chi connectivity index (χ0) is 20.8.